The molecule has 1 amide bonds. The number of nitrogens with one attached hydrogen (secondary N) is 1. The molecule has 9 heteroatoms. The smallest absolute Gasteiger partial charge is 0.266 e. The second-order valence-corrected chi connectivity index (χ2v) is 9.93. The first-order valence-electron chi connectivity index (χ1n) is 13.2. The van der Waals surface area contributed by atoms with E-state index in [9.17, 15) is 9.59 Å². The zero-order valence-corrected chi connectivity index (χ0v) is 21.6. The van der Waals surface area contributed by atoms with Gasteiger partial charge in [0.25, 0.3) is 11.5 Å². The molecule has 0 aliphatic heterocycles. The summed E-state index contributed by atoms with van der Waals surface area (Å²) in [7, 11) is 0. The molecule has 6 rings (SSSR count). The van der Waals surface area contributed by atoms with Crippen LogP contribution in [0.25, 0.3) is 28.3 Å². The second-order valence-electron chi connectivity index (χ2n) is 9.93. The third kappa shape index (κ3) is 4.56. The minimum atomic E-state index is -0.634. The molecule has 1 unspecified atom stereocenters. The number of nitrogens with two attached hydrogens (primary N) is 1. The molecule has 3 N–H and O–H groups in total. The number of carbonyl (C=O) groups excluding carboxylic acids is 1. The van der Waals surface area contributed by atoms with E-state index in [0.717, 1.165) is 5.56 Å². The van der Waals surface area contributed by atoms with Gasteiger partial charge in [0.15, 0.2) is 11.5 Å². The van der Waals surface area contributed by atoms with Crippen LogP contribution in [0.3, 0.4) is 0 Å². The largest absolute Gasteiger partial charge is 0.381 e. The van der Waals surface area contributed by atoms with Gasteiger partial charge in [-0.15, -0.1) is 5.10 Å². The molecular formula is C30H29N7O2. The van der Waals surface area contributed by atoms with Crippen LogP contribution in [0.1, 0.15) is 60.4 Å². The third-order valence-corrected chi connectivity index (χ3v) is 7.30. The first-order chi connectivity index (χ1) is 19.0. The number of benzene rings is 2. The van der Waals surface area contributed by atoms with Gasteiger partial charge in [-0.25, -0.2) is 14.5 Å². The van der Waals surface area contributed by atoms with Crippen molar-refractivity contribution in [1.82, 2.24) is 29.5 Å². The topological polar surface area (TPSA) is 120 Å². The van der Waals surface area contributed by atoms with Crippen molar-refractivity contribution < 1.29 is 4.79 Å². The molecule has 1 fully saturated rings. The van der Waals surface area contributed by atoms with E-state index in [-0.39, 0.29) is 16.9 Å². The molecule has 5 aromatic rings. The summed E-state index contributed by atoms with van der Waals surface area (Å²) >= 11 is 0. The van der Waals surface area contributed by atoms with E-state index in [1.807, 2.05) is 48.5 Å². The SMILES string of the molecule is CC(NC(=O)c1c(N)nn2cccnc12)c1nc2cccc(C=CC3CCCC3)c2c(=O)n1-c1ccccc1. The van der Waals surface area contributed by atoms with Crippen LogP contribution in [-0.2, 0) is 0 Å². The molecule has 1 aliphatic rings. The summed E-state index contributed by atoms with van der Waals surface area (Å²) in [5.41, 5.74) is 8.50. The van der Waals surface area contributed by atoms with E-state index >= 15 is 0 Å². The summed E-state index contributed by atoms with van der Waals surface area (Å²) in [6.07, 6.45) is 12.4. The van der Waals surface area contributed by atoms with E-state index in [2.05, 4.69) is 27.6 Å². The first kappa shape index (κ1) is 24.5. The summed E-state index contributed by atoms with van der Waals surface area (Å²) in [5, 5.41) is 7.70. The number of rotatable bonds is 6. The lowest BCUT2D eigenvalue weighted by atomic mass is 10.0. The summed E-state index contributed by atoms with van der Waals surface area (Å²) in [4.78, 5) is 36.7. The molecule has 1 saturated carbocycles. The normalized spacial score (nSPS) is 14.9. The lowest BCUT2D eigenvalue weighted by Gasteiger charge is -2.20. The van der Waals surface area contributed by atoms with Gasteiger partial charge in [-0.05, 0) is 55.5 Å². The zero-order valence-electron chi connectivity index (χ0n) is 21.6. The highest BCUT2D eigenvalue weighted by molar-refractivity contribution is 6.04. The Kier molecular flexibility index (Phi) is 6.40. The molecule has 1 atom stereocenters. The van der Waals surface area contributed by atoms with Crippen molar-refractivity contribution in [2.24, 2.45) is 5.92 Å². The Labute approximate surface area is 225 Å². The van der Waals surface area contributed by atoms with Gasteiger partial charge in [0.2, 0.25) is 0 Å². The van der Waals surface area contributed by atoms with Crippen LogP contribution in [0.2, 0.25) is 0 Å². The molecule has 2 aromatic carbocycles. The van der Waals surface area contributed by atoms with Crippen LogP contribution in [0, 0.1) is 5.92 Å². The number of carbonyl (C=O) groups is 1. The van der Waals surface area contributed by atoms with Crippen molar-refractivity contribution >= 4 is 34.4 Å². The van der Waals surface area contributed by atoms with E-state index in [1.165, 1.54) is 30.2 Å². The van der Waals surface area contributed by atoms with E-state index in [0.29, 0.717) is 34.0 Å². The number of amides is 1. The Morgan fingerprint density at radius 2 is 1.90 bits per heavy atom. The molecule has 196 valence electrons. The van der Waals surface area contributed by atoms with Gasteiger partial charge in [0.05, 0.1) is 22.6 Å². The number of hydrogen-bond acceptors (Lipinski definition) is 6. The molecule has 1 aliphatic carbocycles. The molecule has 3 heterocycles. The molecule has 9 nitrogen and oxygen atoms in total. The number of fused-ring (bicyclic) bond motifs is 2. The standard InChI is InChI=1S/C30H29N7O2/c1-19(33-29(38)25-26(31)35-36-18-8-17-32-28(25)36)27-34-23-14-7-11-21(16-15-20-9-5-6-10-20)24(23)30(39)37(27)22-12-3-2-4-13-22/h2-4,7-8,11-20H,5-6,9-10H2,1H3,(H2,31,35)(H,33,38). The van der Waals surface area contributed by atoms with E-state index in [1.54, 1.807) is 30.0 Å². The fourth-order valence-corrected chi connectivity index (χ4v) is 5.37. The van der Waals surface area contributed by atoms with E-state index < -0.39 is 11.9 Å². The summed E-state index contributed by atoms with van der Waals surface area (Å²) in [6.45, 7) is 1.80. The lowest BCUT2D eigenvalue weighted by Crippen LogP contribution is -2.33. The Morgan fingerprint density at radius 3 is 2.69 bits per heavy atom. The van der Waals surface area contributed by atoms with E-state index in [4.69, 9.17) is 10.7 Å². The molecule has 3 aromatic heterocycles. The Balaban J connectivity index is 1.45. The van der Waals surface area contributed by atoms with Gasteiger partial charge in [-0.1, -0.05) is 55.3 Å². The van der Waals surface area contributed by atoms with Crippen LogP contribution in [0.4, 0.5) is 5.82 Å². The van der Waals surface area contributed by atoms with Gasteiger partial charge in [0.1, 0.15) is 11.4 Å². The van der Waals surface area contributed by atoms with Crippen molar-refractivity contribution in [3.63, 3.8) is 0 Å². The predicted octanol–water partition coefficient (Wildman–Crippen LogP) is 4.71. The maximum Gasteiger partial charge on any atom is 0.266 e. The third-order valence-electron chi connectivity index (χ3n) is 7.30. The number of nitrogens with zero attached hydrogens (tertiary/aromatic N) is 5. The second kappa shape index (κ2) is 10.2. The summed E-state index contributed by atoms with van der Waals surface area (Å²) < 4.78 is 3.04. The minimum absolute atomic E-state index is 0.0732. The van der Waals surface area contributed by atoms with Gasteiger partial charge in [0, 0.05) is 12.4 Å². The van der Waals surface area contributed by atoms with Crippen LogP contribution >= 0.6 is 0 Å². The average molecular weight is 520 g/mol. The molecule has 0 radical (unpaired) electrons. The number of hydrogen-bond donors (Lipinski definition) is 2. The van der Waals surface area contributed by atoms with Crippen LogP contribution in [-0.4, -0.2) is 30.1 Å². The van der Waals surface area contributed by atoms with Gasteiger partial charge >= 0.3 is 0 Å². The highest BCUT2D eigenvalue weighted by Crippen LogP contribution is 2.28. The molecule has 0 bridgehead atoms. The quantitative estimate of drug-likeness (QED) is 0.335. The fraction of sp³-hybridized carbons (Fsp3) is 0.233. The highest BCUT2D eigenvalue weighted by atomic mass is 16.2. The lowest BCUT2D eigenvalue weighted by molar-refractivity contribution is 0.0940. The molecule has 39 heavy (non-hydrogen) atoms. The van der Waals surface area contributed by atoms with Crippen LogP contribution in [0.15, 0.2) is 77.9 Å². The summed E-state index contributed by atoms with van der Waals surface area (Å²) in [5.74, 6) is 0.577. The van der Waals surface area contributed by atoms with Crippen LogP contribution < -0.4 is 16.6 Å². The number of nitrogen functional groups attached to an aromatic ring is 1. The van der Waals surface area contributed by atoms with Crippen molar-refractivity contribution in [3.8, 4) is 5.69 Å². The number of anilines is 1. The highest BCUT2D eigenvalue weighted by Gasteiger charge is 2.25. The van der Waals surface area contributed by atoms with Crippen molar-refractivity contribution in [2.45, 2.75) is 38.6 Å². The zero-order chi connectivity index (χ0) is 26.9. The van der Waals surface area contributed by atoms with Gasteiger partial charge in [-0.2, -0.15) is 0 Å². The van der Waals surface area contributed by atoms with Crippen molar-refractivity contribution in [2.75, 3.05) is 5.73 Å². The van der Waals surface area contributed by atoms with Gasteiger partial charge in [-0.3, -0.25) is 14.2 Å². The monoisotopic (exact) mass is 519 g/mol. The summed E-state index contributed by atoms with van der Waals surface area (Å²) in [6, 6.07) is 16.1. The van der Waals surface area contributed by atoms with Crippen molar-refractivity contribution in [1.29, 1.82) is 0 Å². The number of allylic oxidation sites excluding steroid dienone is 1. The predicted molar refractivity (Wildman–Crippen MR) is 152 cm³/mol. The maximum absolute atomic E-state index is 14.1. The van der Waals surface area contributed by atoms with Crippen LogP contribution in [0.5, 0.6) is 0 Å². The number of para-hydroxylation sites is 1. The fourth-order valence-electron chi connectivity index (χ4n) is 5.37. The van der Waals surface area contributed by atoms with Gasteiger partial charge < -0.3 is 11.1 Å². The minimum Gasteiger partial charge on any atom is -0.381 e. The first-order valence-corrected chi connectivity index (χ1v) is 13.2. The Hall–Kier alpha value is -4.79. The Bertz CT molecular complexity index is 1770. The molecule has 0 saturated heterocycles. The Morgan fingerprint density at radius 1 is 1.10 bits per heavy atom. The average Bonchev–Trinajstić information content (AvgIpc) is 3.59. The van der Waals surface area contributed by atoms with Crippen molar-refractivity contribution in [3.05, 3.63) is 100 Å². The maximum atomic E-state index is 14.1. The molecular weight excluding hydrogens is 490 g/mol. The number of aromatic nitrogens is 5. The molecule has 0 spiro atoms.